The molecule has 0 bridgehead atoms. The number of carboxylic acids is 1. The molecule has 0 heterocycles. The Kier molecular flexibility index (Phi) is 12.1. The van der Waals surface area contributed by atoms with Crippen molar-refractivity contribution < 1.29 is 38.1 Å². The summed E-state index contributed by atoms with van der Waals surface area (Å²) in [7, 11) is 2.98. The van der Waals surface area contributed by atoms with Gasteiger partial charge in [-0.05, 0) is 41.8 Å². The fourth-order valence-corrected chi connectivity index (χ4v) is 4.52. The van der Waals surface area contributed by atoms with Crippen molar-refractivity contribution in [2.75, 3.05) is 20.0 Å². The number of thioether (sulfide) groups is 1. The molecule has 3 N–H and O–H groups in total. The molecule has 2 atom stereocenters. The summed E-state index contributed by atoms with van der Waals surface area (Å²) in [5.41, 5.74) is 1.36. The first kappa shape index (κ1) is 30.6. The number of carbonyl (C=O) groups excluding carboxylic acids is 3. The lowest BCUT2D eigenvalue weighted by atomic mass is 10.0. The third-order valence-electron chi connectivity index (χ3n) is 5.61. The van der Waals surface area contributed by atoms with E-state index in [4.69, 9.17) is 9.47 Å². The largest absolute Gasteiger partial charge is 0.497 e. The molecule has 9 nitrogen and oxygen atoms in total. The van der Waals surface area contributed by atoms with Gasteiger partial charge in [-0.1, -0.05) is 26.0 Å². The predicted molar refractivity (Wildman–Crippen MR) is 142 cm³/mol. The van der Waals surface area contributed by atoms with Gasteiger partial charge in [0.25, 0.3) is 0 Å². The van der Waals surface area contributed by atoms with Gasteiger partial charge in [0.1, 0.15) is 23.4 Å². The Morgan fingerprint density at radius 2 is 1.68 bits per heavy atom. The summed E-state index contributed by atoms with van der Waals surface area (Å²) in [6.07, 6.45) is -0.685. The molecule has 0 aromatic heterocycles. The number of carbonyl (C=O) groups is 4. The maximum atomic E-state index is 13.1. The van der Waals surface area contributed by atoms with Crippen LogP contribution in [0.3, 0.4) is 0 Å². The second-order valence-electron chi connectivity index (χ2n) is 8.89. The lowest BCUT2D eigenvalue weighted by Crippen LogP contribution is -2.54. The highest BCUT2D eigenvalue weighted by atomic mass is 32.2. The van der Waals surface area contributed by atoms with E-state index in [-0.39, 0.29) is 23.9 Å². The SMILES string of the molecule is COc1ccc(OC)c(CC(=O)N[C@H](C(=O)NC(CC(=O)O)C(=O)CSCc2ccc(F)cc2)C(C)C)c1. The fourth-order valence-electron chi connectivity index (χ4n) is 3.58. The molecule has 0 radical (unpaired) electrons. The van der Waals surface area contributed by atoms with Gasteiger partial charge >= 0.3 is 5.97 Å². The van der Waals surface area contributed by atoms with Gasteiger partial charge in [-0.25, -0.2) is 4.39 Å². The molecule has 2 aromatic rings. The Morgan fingerprint density at radius 1 is 1.00 bits per heavy atom. The van der Waals surface area contributed by atoms with Crippen LogP contribution in [0.5, 0.6) is 11.5 Å². The van der Waals surface area contributed by atoms with E-state index in [1.807, 2.05) is 0 Å². The van der Waals surface area contributed by atoms with E-state index in [0.717, 1.165) is 5.56 Å². The summed E-state index contributed by atoms with van der Waals surface area (Å²) < 4.78 is 23.6. The minimum absolute atomic E-state index is 0.0516. The maximum Gasteiger partial charge on any atom is 0.305 e. The van der Waals surface area contributed by atoms with Gasteiger partial charge in [-0.15, -0.1) is 11.8 Å². The van der Waals surface area contributed by atoms with E-state index in [2.05, 4.69) is 10.6 Å². The highest BCUT2D eigenvalue weighted by Crippen LogP contribution is 2.24. The summed E-state index contributed by atoms with van der Waals surface area (Å²) in [4.78, 5) is 50.0. The molecular weight excluding hydrogens is 515 g/mol. The summed E-state index contributed by atoms with van der Waals surface area (Å²) in [5, 5.41) is 14.5. The van der Waals surface area contributed by atoms with Gasteiger partial charge in [0.15, 0.2) is 5.78 Å². The van der Waals surface area contributed by atoms with Gasteiger partial charge < -0.3 is 25.2 Å². The molecule has 1 unspecified atom stereocenters. The van der Waals surface area contributed by atoms with Crippen LogP contribution >= 0.6 is 11.8 Å². The van der Waals surface area contributed by atoms with Crippen molar-refractivity contribution in [1.82, 2.24) is 10.6 Å². The number of aliphatic carboxylic acids is 1. The van der Waals surface area contributed by atoms with Crippen LogP contribution in [-0.4, -0.2) is 60.7 Å². The van der Waals surface area contributed by atoms with E-state index in [9.17, 15) is 28.7 Å². The average Bonchev–Trinajstić information content (AvgIpc) is 2.87. The second-order valence-corrected chi connectivity index (χ2v) is 9.87. The van der Waals surface area contributed by atoms with Crippen LogP contribution in [0.1, 0.15) is 31.4 Å². The Balaban J connectivity index is 2.04. The number of hydrogen-bond donors (Lipinski definition) is 3. The van der Waals surface area contributed by atoms with Crippen molar-refractivity contribution in [1.29, 1.82) is 0 Å². The van der Waals surface area contributed by atoms with Crippen LogP contribution in [0.2, 0.25) is 0 Å². The molecule has 2 amide bonds. The highest BCUT2D eigenvalue weighted by Gasteiger charge is 2.30. The second kappa shape index (κ2) is 15.0. The number of halogens is 1. The van der Waals surface area contributed by atoms with Crippen molar-refractivity contribution in [2.45, 2.75) is 44.5 Å². The molecule has 0 saturated heterocycles. The van der Waals surface area contributed by atoms with Gasteiger partial charge in [0.2, 0.25) is 11.8 Å². The number of ether oxygens (including phenoxy) is 2. The summed E-state index contributed by atoms with van der Waals surface area (Å²) >= 11 is 1.23. The molecule has 0 aliphatic carbocycles. The van der Waals surface area contributed by atoms with Crippen molar-refractivity contribution in [3.05, 3.63) is 59.4 Å². The zero-order valence-electron chi connectivity index (χ0n) is 21.8. The molecule has 0 aliphatic heterocycles. The smallest absolute Gasteiger partial charge is 0.305 e. The van der Waals surface area contributed by atoms with E-state index < -0.39 is 42.1 Å². The third kappa shape index (κ3) is 9.70. The van der Waals surface area contributed by atoms with E-state index in [1.165, 1.54) is 38.1 Å². The molecule has 0 spiro atoms. The lowest BCUT2D eigenvalue weighted by molar-refractivity contribution is -0.140. The number of rotatable bonds is 15. The van der Waals surface area contributed by atoms with Crippen LogP contribution in [0.4, 0.5) is 4.39 Å². The third-order valence-corrected chi connectivity index (χ3v) is 6.64. The van der Waals surface area contributed by atoms with Crippen molar-refractivity contribution in [3.8, 4) is 11.5 Å². The quantitative estimate of drug-likeness (QED) is 0.310. The Morgan fingerprint density at radius 3 is 2.26 bits per heavy atom. The zero-order chi connectivity index (χ0) is 28.2. The van der Waals surface area contributed by atoms with Crippen molar-refractivity contribution in [3.63, 3.8) is 0 Å². The molecule has 2 rings (SSSR count). The van der Waals surface area contributed by atoms with E-state index in [0.29, 0.717) is 22.8 Å². The average molecular weight is 549 g/mol. The summed E-state index contributed by atoms with van der Waals surface area (Å²) in [6, 6.07) is 8.58. The standard InChI is InChI=1S/C27H33FN2O7S/c1-16(2)26(30-24(32)12-18-11-20(36-3)9-10-23(18)37-4)27(35)29-21(13-25(33)34)22(31)15-38-14-17-5-7-19(28)8-6-17/h5-11,16,21,26H,12-15H2,1-4H3,(H,29,35)(H,30,32)(H,33,34)/t21?,26-/m0/s1. The van der Waals surface area contributed by atoms with E-state index >= 15 is 0 Å². The first-order valence-electron chi connectivity index (χ1n) is 11.9. The van der Waals surface area contributed by atoms with Crippen molar-refractivity contribution in [2.24, 2.45) is 5.92 Å². The Bertz CT molecular complexity index is 1120. The summed E-state index contributed by atoms with van der Waals surface area (Å²) in [6.45, 7) is 3.45. The zero-order valence-corrected chi connectivity index (χ0v) is 22.6. The van der Waals surface area contributed by atoms with Gasteiger partial charge in [-0.2, -0.15) is 0 Å². The number of carboxylic acid groups (broad SMARTS) is 1. The summed E-state index contributed by atoms with van der Waals surface area (Å²) in [5.74, 6) is -2.16. The number of benzene rings is 2. The Labute approximate surface area is 225 Å². The number of nitrogens with one attached hydrogen (secondary N) is 2. The molecule has 0 saturated carbocycles. The van der Waals surface area contributed by atoms with E-state index in [1.54, 1.807) is 44.2 Å². The van der Waals surface area contributed by atoms with Crippen LogP contribution in [0.25, 0.3) is 0 Å². The molecular formula is C27H33FN2O7S. The van der Waals surface area contributed by atoms with Crippen LogP contribution < -0.4 is 20.1 Å². The number of methoxy groups -OCH3 is 2. The van der Waals surface area contributed by atoms with Gasteiger partial charge in [-0.3, -0.25) is 19.2 Å². The van der Waals surface area contributed by atoms with Crippen LogP contribution in [0, 0.1) is 11.7 Å². The molecule has 0 fully saturated rings. The number of ketones is 1. The first-order chi connectivity index (χ1) is 18.0. The van der Waals surface area contributed by atoms with Crippen molar-refractivity contribution >= 4 is 35.3 Å². The molecule has 11 heteroatoms. The number of Topliss-reactive ketones (excluding diaryl/α,β-unsaturated/α-hetero) is 1. The monoisotopic (exact) mass is 548 g/mol. The van der Waals surface area contributed by atoms with Crippen LogP contribution in [0.15, 0.2) is 42.5 Å². The highest BCUT2D eigenvalue weighted by molar-refractivity contribution is 7.99. The van der Waals surface area contributed by atoms with Gasteiger partial charge in [0.05, 0.1) is 38.9 Å². The molecule has 0 aliphatic rings. The maximum absolute atomic E-state index is 13.1. The van der Waals surface area contributed by atoms with Gasteiger partial charge in [0, 0.05) is 11.3 Å². The molecule has 2 aromatic carbocycles. The first-order valence-corrected chi connectivity index (χ1v) is 13.1. The predicted octanol–water partition coefficient (Wildman–Crippen LogP) is 2.99. The fraction of sp³-hybridized carbons (Fsp3) is 0.407. The molecule has 38 heavy (non-hydrogen) atoms. The molecule has 206 valence electrons. The number of amides is 2. The topological polar surface area (TPSA) is 131 Å². The minimum atomic E-state index is -1.27. The normalized spacial score (nSPS) is 12.4. The Hall–Kier alpha value is -3.60. The van der Waals surface area contributed by atoms with Crippen LogP contribution in [-0.2, 0) is 31.4 Å². The minimum Gasteiger partial charge on any atom is -0.497 e. The number of hydrogen-bond acceptors (Lipinski definition) is 7. The lowest BCUT2D eigenvalue weighted by Gasteiger charge is -2.25.